The van der Waals surface area contributed by atoms with Crippen LogP contribution < -0.4 is 10.1 Å². The Bertz CT molecular complexity index is 945. The van der Waals surface area contributed by atoms with Crippen LogP contribution in [0.4, 0.5) is 5.13 Å². The molecule has 0 aliphatic carbocycles. The third-order valence-corrected chi connectivity index (χ3v) is 5.14. The fourth-order valence-electron chi connectivity index (χ4n) is 2.78. The van der Waals surface area contributed by atoms with Crippen LogP contribution >= 0.6 is 11.3 Å². The van der Waals surface area contributed by atoms with E-state index in [1.165, 1.54) is 22.5 Å². The summed E-state index contributed by atoms with van der Waals surface area (Å²) in [6.45, 7) is 8.91. The zero-order valence-electron chi connectivity index (χ0n) is 16.1. The minimum absolute atomic E-state index is 0.168. The van der Waals surface area contributed by atoms with Gasteiger partial charge in [0.15, 0.2) is 5.13 Å². The first-order chi connectivity index (χ1) is 13.0. The molecule has 0 aliphatic heterocycles. The van der Waals surface area contributed by atoms with Crippen molar-refractivity contribution in [2.45, 2.75) is 34.1 Å². The van der Waals surface area contributed by atoms with Gasteiger partial charge in [-0.15, -0.1) is 11.3 Å². The molecular weight excluding hydrogens is 356 g/mol. The second-order valence-corrected chi connectivity index (χ2v) is 7.77. The summed E-state index contributed by atoms with van der Waals surface area (Å²) in [5, 5.41) is 3.52. The molecule has 0 saturated carbocycles. The van der Waals surface area contributed by atoms with Gasteiger partial charge in [-0.2, -0.15) is 0 Å². The summed E-state index contributed by atoms with van der Waals surface area (Å²) in [6, 6.07) is 13.5. The molecule has 2 aromatic carbocycles. The lowest BCUT2D eigenvalue weighted by Crippen LogP contribution is -2.11. The van der Waals surface area contributed by atoms with E-state index in [0.29, 0.717) is 17.3 Å². The number of thiazole rings is 1. The molecule has 4 nitrogen and oxygen atoms in total. The molecule has 0 atom stereocenters. The van der Waals surface area contributed by atoms with E-state index in [1.807, 2.05) is 19.1 Å². The van der Waals surface area contributed by atoms with Crippen molar-refractivity contribution in [1.82, 2.24) is 4.98 Å². The number of nitrogens with one attached hydrogen (secondary N) is 1. The predicted molar refractivity (Wildman–Crippen MR) is 112 cm³/mol. The molecule has 140 valence electrons. The molecule has 0 radical (unpaired) electrons. The van der Waals surface area contributed by atoms with Gasteiger partial charge >= 0.3 is 0 Å². The summed E-state index contributed by atoms with van der Waals surface area (Å²) >= 11 is 1.49. The minimum Gasteiger partial charge on any atom is -0.494 e. The number of ether oxygens (including phenoxy) is 1. The van der Waals surface area contributed by atoms with Crippen molar-refractivity contribution in [2.24, 2.45) is 0 Å². The Labute approximate surface area is 164 Å². The fourth-order valence-corrected chi connectivity index (χ4v) is 3.61. The van der Waals surface area contributed by atoms with E-state index in [2.05, 4.69) is 49.3 Å². The van der Waals surface area contributed by atoms with Crippen molar-refractivity contribution < 1.29 is 9.53 Å². The number of rotatable bonds is 6. The quantitative estimate of drug-likeness (QED) is 0.590. The van der Waals surface area contributed by atoms with Crippen LogP contribution in [0.15, 0.2) is 42.5 Å². The van der Waals surface area contributed by atoms with Crippen LogP contribution in [0.5, 0.6) is 5.75 Å². The Morgan fingerprint density at radius 3 is 2.56 bits per heavy atom. The van der Waals surface area contributed by atoms with E-state index in [4.69, 9.17) is 4.74 Å². The zero-order chi connectivity index (χ0) is 19.4. The molecule has 27 heavy (non-hydrogen) atoms. The van der Waals surface area contributed by atoms with Gasteiger partial charge in [-0.1, -0.05) is 24.6 Å². The summed E-state index contributed by atoms with van der Waals surface area (Å²) in [4.78, 5) is 18.3. The van der Waals surface area contributed by atoms with Crippen molar-refractivity contribution in [2.75, 3.05) is 11.9 Å². The van der Waals surface area contributed by atoms with Crippen LogP contribution in [-0.4, -0.2) is 17.5 Å². The lowest BCUT2D eigenvalue weighted by atomic mass is 10.0. The van der Waals surface area contributed by atoms with Gasteiger partial charge in [-0.25, -0.2) is 4.98 Å². The smallest absolute Gasteiger partial charge is 0.257 e. The Morgan fingerprint density at radius 1 is 1.11 bits per heavy atom. The third-order valence-electron chi connectivity index (χ3n) is 4.25. The molecule has 3 aromatic rings. The first-order valence-electron chi connectivity index (χ1n) is 9.07. The van der Waals surface area contributed by atoms with Gasteiger partial charge in [0.2, 0.25) is 0 Å². The second kappa shape index (κ2) is 8.35. The van der Waals surface area contributed by atoms with Crippen molar-refractivity contribution >= 4 is 22.4 Å². The first-order valence-corrected chi connectivity index (χ1v) is 9.89. The molecule has 0 fully saturated rings. The number of amides is 1. The molecule has 0 bridgehead atoms. The molecule has 0 spiro atoms. The van der Waals surface area contributed by atoms with Crippen LogP contribution in [0.25, 0.3) is 11.3 Å². The first kappa shape index (κ1) is 19.1. The van der Waals surface area contributed by atoms with Crippen molar-refractivity contribution in [3.8, 4) is 17.0 Å². The largest absolute Gasteiger partial charge is 0.494 e. The zero-order valence-corrected chi connectivity index (χ0v) is 16.9. The summed E-state index contributed by atoms with van der Waals surface area (Å²) in [5.74, 6) is 0.606. The summed E-state index contributed by atoms with van der Waals surface area (Å²) in [6.07, 6.45) is 0.953. The van der Waals surface area contributed by atoms with E-state index in [1.54, 1.807) is 12.1 Å². The molecule has 1 heterocycles. The maximum Gasteiger partial charge on any atom is 0.257 e. The fraction of sp³-hybridized carbons (Fsp3) is 0.273. The van der Waals surface area contributed by atoms with Crippen molar-refractivity contribution in [3.05, 3.63) is 64.0 Å². The van der Waals surface area contributed by atoms with E-state index in [9.17, 15) is 4.79 Å². The van der Waals surface area contributed by atoms with Crippen LogP contribution in [-0.2, 0) is 0 Å². The number of aryl methyl sites for hydroxylation is 3. The van der Waals surface area contributed by atoms with Crippen LogP contribution in [0.3, 0.4) is 0 Å². The second-order valence-electron chi connectivity index (χ2n) is 6.57. The average molecular weight is 381 g/mol. The highest BCUT2D eigenvalue weighted by molar-refractivity contribution is 7.16. The number of aromatic nitrogens is 1. The molecule has 0 saturated heterocycles. The number of carbonyl (C=O) groups excluding carboxylic acids is 1. The lowest BCUT2D eigenvalue weighted by molar-refractivity contribution is 0.102. The van der Waals surface area contributed by atoms with E-state index >= 15 is 0 Å². The molecule has 1 N–H and O–H groups in total. The van der Waals surface area contributed by atoms with Crippen LogP contribution in [0, 0.1) is 20.8 Å². The van der Waals surface area contributed by atoms with Gasteiger partial charge in [-0.3, -0.25) is 10.1 Å². The number of hydrogen-bond acceptors (Lipinski definition) is 4. The number of hydrogen-bond donors (Lipinski definition) is 1. The summed E-state index contributed by atoms with van der Waals surface area (Å²) < 4.78 is 5.56. The molecule has 3 rings (SSSR count). The molecule has 1 amide bonds. The monoisotopic (exact) mass is 380 g/mol. The van der Waals surface area contributed by atoms with Crippen molar-refractivity contribution in [1.29, 1.82) is 0 Å². The molecule has 5 heteroatoms. The number of benzene rings is 2. The Balaban J connectivity index is 1.76. The summed E-state index contributed by atoms with van der Waals surface area (Å²) in [7, 11) is 0. The molecule has 0 aliphatic rings. The van der Waals surface area contributed by atoms with Gasteiger partial charge < -0.3 is 4.74 Å². The van der Waals surface area contributed by atoms with Gasteiger partial charge in [0.25, 0.3) is 5.91 Å². The summed E-state index contributed by atoms with van der Waals surface area (Å²) in [5.41, 5.74) is 5.00. The van der Waals surface area contributed by atoms with Gasteiger partial charge in [0.05, 0.1) is 12.3 Å². The molecule has 1 aromatic heterocycles. The van der Waals surface area contributed by atoms with Crippen LogP contribution in [0.2, 0.25) is 0 Å². The normalized spacial score (nSPS) is 10.7. The van der Waals surface area contributed by atoms with Gasteiger partial charge in [0, 0.05) is 16.0 Å². The number of carbonyl (C=O) groups is 1. The molecular formula is C22H24N2O2S. The minimum atomic E-state index is -0.168. The van der Waals surface area contributed by atoms with Crippen LogP contribution in [0.1, 0.15) is 39.7 Å². The SMILES string of the molecule is CCCOc1ccc(C(=O)Nc2nc(-c3cc(C)ccc3C)c(C)s2)cc1. The highest BCUT2D eigenvalue weighted by Gasteiger charge is 2.15. The van der Waals surface area contributed by atoms with Crippen molar-refractivity contribution in [3.63, 3.8) is 0 Å². The maximum atomic E-state index is 12.5. The lowest BCUT2D eigenvalue weighted by Gasteiger charge is -2.06. The molecule has 0 unspecified atom stereocenters. The maximum absolute atomic E-state index is 12.5. The van der Waals surface area contributed by atoms with E-state index in [0.717, 1.165) is 28.3 Å². The Kier molecular flexibility index (Phi) is 5.91. The Hall–Kier alpha value is -2.66. The Morgan fingerprint density at radius 2 is 1.85 bits per heavy atom. The van der Waals surface area contributed by atoms with Gasteiger partial charge in [0.1, 0.15) is 5.75 Å². The topological polar surface area (TPSA) is 51.2 Å². The van der Waals surface area contributed by atoms with E-state index < -0.39 is 0 Å². The number of anilines is 1. The highest BCUT2D eigenvalue weighted by atomic mass is 32.1. The average Bonchev–Trinajstić information content (AvgIpc) is 3.02. The van der Waals surface area contributed by atoms with Gasteiger partial charge in [-0.05, 0) is 63.1 Å². The number of nitrogens with zero attached hydrogens (tertiary/aromatic N) is 1. The van der Waals surface area contributed by atoms with E-state index in [-0.39, 0.29) is 5.91 Å². The standard InChI is InChI=1S/C22H24N2O2S/c1-5-12-26-18-10-8-17(9-11-18)21(25)24-22-23-20(16(4)27-22)19-13-14(2)6-7-15(19)3/h6-11,13H,5,12H2,1-4H3,(H,23,24,25). The highest BCUT2D eigenvalue weighted by Crippen LogP contribution is 2.33. The third kappa shape index (κ3) is 4.55. The predicted octanol–water partition coefficient (Wildman–Crippen LogP) is 5.78.